The smallest absolute Gasteiger partial charge is 0.254 e. The number of halogens is 1. The molecule has 2 rings (SSSR count). The first-order valence-electron chi connectivity index (χ1n) is 6.77. The van der Waals surface area contributed by atoms with Crippen LogP contribution in [0.5, 0.6) is 0 Å². The molecule has 1 amide bonds. The second kappa shape index (κ2) is 6.67. The number of morpholine rings is 1. The molecule has 1 saturated heterocycles. The molecule has 0 bridgehead atoms. The van der Waals surface area contributed by atoms with E-state index in [4.69, 9.17) is 10.5 Å². The van der Waals surface area contributed by atoms with Crippen molar-refractivity contribution in [2.45, 2.75) is 13.0 Å². The highest BCUT2D eigenvalue weighted by molar-refractivity contribution is 5.95. The summed E-state index contributed by atoms with van der Waals surface area (Å²) in [6.45, 7) is 5.74. The van der Waals surface area contributed by atoms with Gasteiger partial charge in [-0.15, -0.1) is 0 Å². The van der Waals surface area contributed by atoms with E-state index in [0.29, 0.717) is 18.8 Å². The Morgan fingerprint density at radius 1 is 1.60 bits per heavy atom. The van der Waals surface area contributed by atoms with Crippen molar-refractivity contribution < 1.29 is 13.9 Å². The maximum absolute atomic E-state index is 13.5. The van der Waals surface area contributed by atoms with Gasteiger partial charge in [-0.3, -0.25) is 9.69 Å². The van der Waals surface area contributed by atoms with Crippen molar-refractivity contribution in [3.8, 4) is 0 Å². The Bertz CT molecular complexity index is 481. The third kappa shape index (κ3) is 3.68. The van der Waals surface area contributed by atoms with Crippen LogP contribution >= 0.6 is 0 Å². The van der Waals surface area contributed by atoms with Gasteiger partial charge in [0.25, 0.3) is 5.91 Å². The summed E-state index contributed by atoms with van der Waals surface area (Å²) in [6.07, 6.45) is -0.0585. The summed E-state index contributed by atoms with van der Waals surface area (Å²) < 4.78 is 19.1. The van der Waals surface area contributed by atoms with E-state index in [-0.39, 0.29) is 11.7 Å². The molecule has 1 aromatic rings. The van der Waals surface area contributed by atoms with Crippen LogP contribution in [-0.2, 0) is 4.74 Å². The van der Waals surface area contributed by atoms with Crippen LogP contribution in [0.15, 0.2) is 18.2 Å². The molecule has 5 nitrogen and oxygen atoms in total. The molecule has 1 aromatic carbocycles. The van der Waals surface area contributed by atoms with E-state index in [0.717, 1.165) is 19.6 Å². The van der Waals surface area contributed by atoms with Crippen LogP contribution in [0.3, 0.4) is 0 Å². The number of rotatable bonds is 4. The Kier molecular flexibility index (Phi) is 4.92. The van der Waals surface area contributed by atoms with E-state index in [9.17, 15) is 9.18 Å². The summed E-state index contributed by atoms with van der Waals surface area (Å²) in [5, 5.41) is 2.70. The first-order valence-corrected chi connectivity index (χ1v) is 6.77. The molecule has 6 heteroatoms. The zero-order chi connectivity index (χ0) is 14.5. The van der Waals surface area contributed by atoms with Gasteiger partial charge in [-0.1, -0.05) is 6.92 Å². The summed E-state index contributed by atoms with van der Waals surface area (Å²) in [6, 6.07) is 3.96. The molecule has 20 heavy (non-hydrogen) atoms. The van der Waals surface area contributed by atoms with Crippen molar-refractivity contribution in [1.29, 1.82) is 0 Å². The zero-order valence-corrected chi connectivity index (χ0v) is 11.6. The molecular formula is C14H20FN3O2. The summed E-state index contributed by atoms with van der Waals surface area (Å²) in [7, 11) is 0. The van der Waals surface area contributed by atoms with Crippen LogP contribution in [0.4, 0.5) is 10.1 Å². The second-order valence-corrected chi connectivity index (χ2v) is 4.84. The Balaban J connectivity index is 1.90. The maximum atomic E-state index is 13.5. The average Bonchev–Trinajstić information content (AvgIpc) is 2.47. The fraction of sp³-hybridized carbons (Fsp3) is 0.500. The third-order valence-electron chi connectivity index (χ3n) is 3.40. The summed E-state index contributed by atoms with van der Waals surface area (Å²) in [5.74, 6) is -1.04. The molecule has 1 aliphatic heterocycles. The number of benzene rings is 1. The first kappa shape index (κ1) is 14.7. The minimum absolute atomic E-state index is 0.0341. The Hall–Kier alpha value is -1.66. The number of anilines is 1. The number of hydrogen-bond donors (Lipinski definition) is 2. The molecule has 3 N–H and O–H groups in total. The van der Waals surface area contributed by atoms with Gasteiger partial charge in [0.1, 0.15) is 5.82 Å². The number of likely N-dealkylation sites (N-methyl/N-ethyl adjacent to an activating group) is 1. The lowest BCUT2D eigenvalue weighted by Crippen LogP contribution is -2.47. The first-order chi connectivity index (χ1) is 9.60. The molecule has 1 atom stereocenters. The minimum atomic E-state index is -0.573. The minimum Gasteiger partial charge on any atom is -0.399 e. The second-order valence-electron chi connectivity index (χ2n) is 4.84. The third-order valence-corrected chi connectivity index (χ3v) is 3.40. The van der Waals surface area contributed by atoms with Crippen molar-refractivity contribution in [1.82, 2.24) is 10.2 Å². The van der Waals surface area contributed by atoms with E-state index in [1.54, 1.807) is 0 Å². The number of amides is 1. The van der Waals surface area contributed by atoms with Crippen molar-refractivity contribution in [2.24, 2.45) is 0 Å². The molecule has 0 radical (unpaired) electrons. The molecule has 0 aliphatic carbocycles. The van der Waals surface area contributed by atoms with Crippen molar-refractivity contribution in [2.75, 3.05) is 38.5 Å². The fourth-order valence-electron chi connectivity index (χ4n) is 2.21. The topological polar surface area (TPSA) is 67.6 Å². The lowest BCUT2D eigenvalue weighted by atomic mass is 10.1. The molecule has 0 saturated carbocycles. The molecule has 1 unspecified atom stereocenters. The molecule has 1 aliphatic rings. The number of nitrogens with two attached hydrogens (primary N) is 1. The van der Waals surface area contributed by atoms with E-state index in [1.165, 1.54) is 18.2 Å². The van der Waals surface area contributed by atoms with E-state index in [1.807, 2.05) is 0 Å². The van der Waals surface area contributed by atoms with Crippen molar-refractivity contribution in [3.05, 3.63) is 29.6 Å². The van der Waals surface area contributed by atoms with Gasteiger partial charge in [0.15, 0.2) is 0 Å². The van der Waals surface area contributed by atoms with Crippen LogP contribution in [-0.4, -0.2) is 49.7 Å². The number of hydrogen-bond acceptors (Lipinski definition) is 4. The SMILES string of the molecule is CCN1CCOC(CNC(=O)c2cc(N)ccc2F)C1. The highest BCUT2D eigenvalue weighted by Crippen LogP contribution is 2.12. The molecule has 1 heterocycles. The standard InChI is InChI=1S/C14H20FN3O2/c1-2-18-5-6-20-11(9-18)8-17-14(19)12-7-10(16)3-4-13(12)15/h3-4,7,11H,2,5-6,8-9,16H2,1H3,(H,17,19). The molecule has 110 valence electrons. The van der Waals surface area contributed by atoms with Gasteiger partial charge in [-0.05, 0) is 24.7 Å². The number of nitrogens with zero attached hydrogens (tertiary/aromatic N) is 1. The van der Waals surface area contributed by atoms with Crippen LogP contribution < -0.4 is 11.1 Å². The Morgan fingerprint density at radius 2 is 2.40 bits per heavy atom. The highest BCUT2D eigenvalue weighted by atomic mass is 19.1. The van der Waals surface area contributed by atoms with Gasteiger partial charge in [-0.2, -0.15) is 0 Å². The predicted molar refractivity (Wildman–Crippen MR) is 75.0 cm³/mol. The monoisotopic (exact) mass is 281 g/mol. The molecule has 0 spiro atoms. The van der Waals surface area contributed by atoms with Gasteiger partial charge >= 0.3 is 0 Å². The summed E-state index contributed by atoms with van der Waals surface area (Å²) in [5.41, 5.74) is 5.89. The van der Waals surface area contributed by atoms with E-state index >= 15 is 0 Å². The van der Waals surface area contributed by atoms with Gasteiger partial charge in [-0.25, -0.2) is 4.39 Å². The average molecular weight is 281 g/mol. The lowest BCUT2D eigenvalue weighted by molar-refractivity contribution is -0.0246. The van der Waals surface area contributed by atoms with Gasteiger partial charge in [0.2, 0.25) is 0 Å². The van der Waals surface area contributed by atoms with Gasteiger partial charge in [0, 0.05) is 25.3 Å². The predicted octanol–water partition coefficient (Wildman–Crippen LogP) is 0.858. The Morgan fingerprint density at radius 3 is 3.15 bits per heavy atom. The highest BCUT2D eigenvalue weighted by Gasteiger charge is 2.20. The lowest BCUT2D eigenvalue weighted by Gasteiger charge is -2.32. The van der Waals surface area contributed by atoms with Crippen LogP contribution in [0.2, 0.25) is 0 Å². The summed E-state index contributed by atoms with van der Waals surface area (Å²) >= 11 is 0. The quantitative estimate of drug-likeness (QED) is 0.803. The summed E-state index contributed by atoms with van der Waals surface area (Å²) in [4.78, 5) is 14.2. The molecule has 0 aromatic heterocycles. The normalized spacial score (nSPS) is 19.8. The Labute approximate surface area is 117 Å². The number of carbonyl (C=O) groups excluding carboxylic acids is 1. The van der Waals surface area contributed by atoms with Crippen molar-refractivity contribution >= 4 is 11.6 Å². The van der Waals surface area contributed by atoms with E-state index < -0.39 is 11.7 Å². The molecular weight excluding hydrogens is 261 g/mol. The zero-order valence-electron chi connectivity index (χ0n) is 11.6. The van der Waals surface area contributed by atoms with E-state index in [2.05, 4.69) is 17.1 Å². The molecule has 1 fully saturated rings. The van der Waals surface area contributed by atoms with Gasteiger partial charge in [0.05, 0.1) is 18.3 Å². The number of carbonyl (C=O) groups is 1. The largest absolute Gasteiger partial charge is 0.399 e. The number of nitrogen functional groups attached to an aromatic ring is 1. The number of nitrogens with one attached hydrogen (secondary N) is 1. The van der Waals surface area contributed by atoms with Crippen molar-refractivity contribution in [3.63, 3.8) is 0 Å². The van der Waals surface area contributed by atoms with Crippen LogP contribution in [0.25, 0.3) is 0 Å². The maximum Gasteiger partial charge on any atom is 0.254 e. The fourth-order valence-corrected chi connectivity index (χ4v) is 2.21. The van der Waals surface area contributed by atoms with Crippen LogP contribution in [0.1, 0.15) is 17.3 Å². The van der Waals surface area contributed by atoms with Crippen LogP contribution in [0, 0.1) is 5.82 Å². The van der Waals surface area contributed by atoms with Gasteiger partial charge < -0.3 is 15.8 Å². The number of ether oxygens (including phenoxy) is 1.